The maximum absolute atomic E-state index is 10.1. The predicted molar refractivity (Wildman–Crippen MR) is 73.0 cm³/mol. The van der Waals surface area contributed by atoms with Gasteiger partial charge in [-0.2, -0.15) is 0 Å². The van der Waals surface area contributed by atoms with Crippen LogP contribution in [0.2, 0.25) is 0 Å². The minimum absolute atomic E-state index is 0.0942. The van der Waals surface area contributed by atoms with Crippen molar-refractivity contribution in [1.82, 2.24) is 0 Å². The summed E-state index contributed by atoms with van der Waals surface area (Å²) in [6.45, 7) is 4.12. The van der Waals surface area contributed by atoms with Gasteiger partial charge < -0.3 is 14.6 Å². The molecule has 3 heteroatoms. The number of aryl methyl sites for hydroxylation is 1. The largest absolute Gasteiger partial charge is 0.497 e. The van der Waals surface area contributed by atoms with Gasteiger partial charge in [0.15, 0.2) is 0 Å². The number of methoxy groups -OCH3 is 2. The first-order valence-electron chi connectivity index (χ1n) is 6.42. The second-order valence-electron chi connectivity index (χ2n) is 4.90. The summed E-state index contributed by atoms with van der Waals surface area (Å²) < 4.78 is 10.4. The first-order chi connectivity index (χ1) is 8.58. The highest BCUT2D eigenvalue weighted by Gasteiger charge is 2.21. The number of aliphatic hydroxyl groups is 1. The van der Waals surface area contributed by atoms with E-state index in [1.54, 1.807) is 14.2 Å². The lowest BCUT2D eigenvalue weighted by Gasteiger charge is -2.24. The molecular weight excluding hydrogens is 228 g/mol. The quantitative estimate of drug-likeness (QED) is 0.811. The van der Waals surface area contributed by atoms with Crippen molar-refractivity contribution < 1.29 is 14.6 Å². The zero-order valence-corrected chi connectivity index (χ0v) is 11.7. The highest BCUT2D eigenvalue weighted by atomic mass is 16.5. The number of rotatable bonds is 7. The van der Waals surface area contributed by atoms with Crippen molar-refractivity contribution >= 4 is 0 Å². The van der Waals surface area contributed by atoms with Crippen molar-refractivity contribution in [2.24, 2.45) is 5.92 Å². The third-order valence-corrected chi connectivity index (χ3v) is 3.20. The van der Waals surface area contributed by atoms with Gasteiger partial charge in [-0.1, -0.05) is 26.0 Å². The van der Waals surface area contributed by atoms with Gasteiger partial charge in [0.1, 0.15) is 5.75 Å². The lowest BCUT2D eigenvalue weighted by Crippen LogP contribution is -2.33. The average Bonchev–Trinajstić information content (AvgIpc) is 2.37. The molecule has 0 saturated carbocycles. The number of ether oxygens (including phenoxy) is 2. The van der Waals surface area contributed by atoms with E-state index in [1.807, 2.05) is 24.3 Å². The summed E-state index contributed by atoms with van der Waals surface area (Å²) in [6.07, 6.45) is 1.04. The molecule has 0 fully saturated rings. The van der Waals surface area contributed by atoms with E-state index < -0.39 is 6.10 Å². The molecule has 0 amide bonds. The molecule has 102 valence electrons. The lowest BCUT2D eigenvalue weighted by molar-refractivity contribution is -0.0404. The Morgan fingerprint density at radius 2 is 1.72 bits per heavy atom. The van der Waals surface area contributed by atoms with Gasteiger partial charge in [-0.05, 0) is 36.5 Å². The second kappa shape index (κ2) is 7.39. The van der Waals surface area contributed by atoms with Crippen LogP contribution in [0.1, 0.15) is 25.8 Å². The molecule has 0 radical (unpaired) electrons. The molecule has 0 heterocycles. The number of aliphatic hydroxyl groups excluding tert-OH is 1. The molecular formula is C15H24O3. The molecule has 0 saturated heterocycles. The molecule has 1 N–H and O–H groups in total. The Balaban J connectivity index is 2.48. The van der Waals surface area contributed by atoms with Crippen LogP contribution < -0.4 is 4.74 Å². The SMILES string of the molecule is COc1ccc(CCC(O)C(OC)C(C)C)cc1. The number of benzene rings is 1. The Kier molecular flexibility index (Phi) is 6.16. The molecule has 3 nitrogen and oxygen atoms in total. The monoisotopic (exact) mass is 252 g/mol. The van der Waals surface area contributed by atoms with Crippen LogP contribution in [0.5, 0.6) is 5.75 Å². The highest BCUT2D eigenvalue weighted by molar-refractivity contribution is 5.27. The average molecular weight is 252 g/mol. The van der Waals surface area contributed by atoms with Gasteiger partial charge >= 0.3 is 0 Å². The molecule has 0 aromatic heterocycles. The van der Waals surface area contributed by atoms with E-state index in [4.69, 9.17) is 9.47 Å². The van der Waals surface area contributed by atoms with Crippen molar-refractivity contribution in [1.29, 1.82) is 0 Å². The van der Waals surface area contributed by atoms with Crippen LogP contribution in [0, 0.1) is 5.92 Å². The smallest absolute Gasteiger partial charge is 0.118 e. The number of hydrogen-bond donors (Lipinski definition) is 1. The maximum atomic E-state index is 10.1. The van der Waals surface area contributed by atoms with Crippen LogP contribution in [-0.2, 0) is 11.2 Å². The molecule has 1 rings (SSSR count). The molecule has 0 aliphatic carbocycles. The third kappa shape index (κ3) is 4.31. The highest BCUT2D eigenvalue weighted by Crippen LogP contribution is 2.17. The lowest BCUT2D eigenvalue weighted by atomic mass is 9.96. The molecule has 0 aliphatic heterocycles. The van der Waals surface area contributed by atoms with E-state index in [2.05, 4.69) is 13.8 Å². The predicted octanol–water partition coefficient (Wildman–Crippen LogP) is 2.66. The van der Waals surface area contributed by atoms with Crippen molar-refractivity contribution in [3.63, 3.8) is 0 Å². The van der Waals surface area contributed by atoms with Crippen molar-refractivity contribution in [2.75, 3.05) is 14.2 Å². The van der Waals surface area contributed by atoms with Gasteiger partial charge in [0, 0.05) is 7.11 Å². The fourth-order valence-electron chi connectivity index (χ4n) is 2.14. The first-order valence-corrected chi connectivity index (χ1v) is 6.42. The third-order valence-electron chi connectivity index (χ3n) is 3.20. The molecule has 18 heavy (non-hydrogen) atoms. The van der Waals surface area contributed by atoms with Gasteiger partial charge in [-0.15, -0.1) is 0 Å². The normalized spacial score (nSPS) is 14.6. The van der Waals surface area contributed by atoms with Gasteiger partial charge in [-0.3, -0.25) is 0 Å². The fraction of sp³-hybridized carbons (Fsp3) is 0.600. The minimum atomic E-state index is -0.419. The topological polar surface area (TPSA) is 38.7 Å². The van der Waals surface area contributed by atoms with Crippen LogP contribution in [0.4, 0.5) is 0 Å². The van der Waals surface area contributed by atoms with Gasteiger partial charge in [-0.25, -0.2) is 0 Å². The van der Waals surface area contributed by atoms with Gasteiger partial charge in [0.05, 0.1) is 19.3 Å². The molecule has 0 spiro atoms. The van der Waals surface area contributed by atoms with Gasteiger partial charge in [0.25, 0.3) is 0 Å². The van der Waals surface area contributed by atoms with Crippen LogP contribution in [0.15, 0.2) is 24.3 Å². The summed E-state index contributed by atoms with van der Waals surface area (Å²) in [7, 11) is 3.31. The fourth-order valence-corrected chi connectivity index (χ4v) is 2.14. The summed E-state index contributed by atoms with van der Waals surface area (Å²) in [5.41, 5.74) is 1.20. The molecule has 1 aromatic carbocycles. The Labute approximate surface area is 110 Å². The molecule has 1 aromatic rings. The van der Waals surface area contributed by atoms with E-state index in [0.29, 0.717) is 12.3 Å². The van der Waals surface area contributed by atoms with E-state index >= 15 is 0 Å². The summed E-state index contributed by atoms with van der Waals surface area (Å²) in [5, 5.41) is 10.1. The zero-order chi connectivity index (χ0) is 13.5. The molecule has 0 aliphatic rings. The standard InChI is InChI=1S/C15H24O3/c1-11(2)15(18-4)14(16)10-7-12-5-8-13(17-3)9-6-12/h5-6,8-9,11,14-16H,7,10H2,1-4H3. The zero-order valence-electron chi connectivity index (χ0n) is 11.7. The summed E-state index contributed by atoms with van der Waals surface area (Å²) >= 11 is 0. The van der Waals surface area contributed by atoms with Crippen LogP contribution in [0.3, 0.4) is 0 Å². The summed E-state index contributed by atoms with van der Waals surface area (Å²) in [5.74, 6) is 1.18. The molecule has 0 bridgehead atoms. The Morgan fingerprint density at radius 1 is 1.11 bits per heavy atom. The second-order valence-corrected chi connectivity index (χ2v) is 4.90. The molecule has 2 unspecified atom stereocenters. The Hall–Kier alpha value is -1.06. The summed E-state index contributed by atoms with van der Waals surface area (Å²) in [6, 6.07) is 7.95. The van der Waals surface area contributed by atoms with Crippen LogP contribution in [-0.4, -0.2) is 31.5 Å². The first kappa shape index (κ1) is 15.0. The van der Waals surface area contributed by atoms with Crippen LogP contribution in [0.25, 0.3) is 0 Å². The van der Waals surface area contributed by atoms with Crippen molar-refractivity contribution in [2.45, 2.75) is 38.9 Å². The molecule has 2 atom stereocenters. The van der Waals surface area contributed by atoms with E-state index in [9.17, 15) is 5.11 Å². The Morgan fingerprint density at radius 3 is 2.17 bits per heavy atom. The maximum Gasteiger partial charge on any atom is 0.118 e. The van der Waals surface area contributed by atoms with E-state index in [1.165, 1.54) is 5.56 Å². The Bertz CT molecular complexity index is 332. The van der Waals surface area contributed by atoms with Crippen molar-refractivity contribution in [3.8, 4) is 5.75 Å². The van der Waals surface area contributed by atoms with E-state index in [-0.39, 0.29) is 6.10 Å². The summed E-state index contributed by atoms with van der Waals surface area (Å²) in [4.78, 5) is 0. The number of hydrogen-bond acceptors (Lipinski definition) is 3. The van der Waals surface area contributed by atoms with E-state index in [0.717, 1.165) is 12.2 Å². The van der Waals surface area contributed by atoms with Crippen LogP contribution >= 0.6 is 0 Å². The van der Waals surface area contributed by atoms with Crippen molar-refractivity contribution in [3.05, 3.63) is 29.8 Å². The van der Waals surface area contributed by atoms with Gasteiger partial charge in [0.2, 0.25) is 0 Å². The minimum Gasteiger partial charge on any atom is -0.497 e.